The molecule has 1 aliphatic rings. The van der Waals surface area contributed by atoms with Gasteiger partial charge in [-0.05, 0) is 74.5 Å². The van der Waals surface area contributed by atoms with Crippen LogP contribution < -0.4 is 5.32 Å². The third-order valence-electron chi connectivity index (χ3n) is 6.41. The Morgan fingerprint density at radius 3 is 2.18 bits per heavy atom. The number of hydrogen-bond donors (Lipinski definition) is 1. The highest BCUT2D eigenvalue weighted by molar-refractivity contribution is 5.75. The van der Waals surface area contributed by atoms with Crippen molar-refractivity contribution in [3.05, 3.63) is 78.4 Å². The number of unbranched alkanes of at least 4 members (excludes halogenated alkanes) is 3. The normalized spacial score (nSPS) is 13.8. The minimum atomic E-state index is 0.925. The van der Waals surface area contributed by atoms with Crippen LogP contribution in [0.3, 0.4) is 0 Å². The molecule has 2 aromatic carbocycles. The van der Waals surface area contributed by atoms with Crippen molar-refractivity contribution in [2.75, 3.05) is 26.0 Å². The summed E-state index contributed by atoms with van der Waals surface area (Å²) in [6.07, 6.45) is 15.6. The van der Waals surface area contributed by atoms with Gasteiger partial charge in [0.15, 0.2) is 0 Å². The zero-order valence-corrected chi connectivity index (χ0v) is 21.4. The van der Waals surface area contributed by atoms with Gasteiger partial charge in [0.1, 0.15) is 0 Å². The molecule has 0 bridgehead atoms. The smallest absolute Gasteiger partial charge is 0.0384 e. The summed E-state index contributed by atoms with van der Waals surface area (Å²) in [7, 11) is 4.35. The van der Waals surface area contributed by atoms with Crippen LogP contribution in [0, 0.1) is 5.92 Å². The van der Waals surface area contributed by atoms with Gasteiger partial charge in [0, 0.05) is 17.9 Å². The van der Waals surface area contributed by atoms with E-state index in [9.17, 15) is 0 Å². The molecule has 1 N–H and O–H groups in total. The number of nitrogens with one attached hydrogen (secondary N) is 1. The number of benzene rings is 2. The average Bonchev–Trinajstić information content (AvgIpc) is 2.83. The predicted octanol–water partition coefficient (Wildman–Crippen LogP) is 8.66. The van der Waals surface area contributed by atoms with Gasteiger partial charge < -0.3 is 10.2 Å². The number of aryl methyl sites for hydroxylation is 1. The molecule has 1 aliphatic carbocycles. The summed E-state index contributed by atoms with van der Waals surface area (Å²) in [6, 6.07) is 16.9. The Hall–Kier alpha value is -2.32. The molecular formula is C31H46N2. The van der Waals surface area contributed by atoms with E-state index >= 15 is 0 Å². The maximum absolute atomic E-state index is 4.15. The molecule has 0 saturated heterocycles. The molecule has 2 heteroatoms. The summed E-state index contributed by atoms with van der Waals surface area (Å²) in [5.41, 5.74) is 5.63. The van der Waals surface area contributed by atoms with E-state index < -0.39 is 0 Å². The van der Waals surface area contributed by atoms with Gasteiger partial charge in [0.05, 0.1) is 0 Å². The fourth-order valence-corrected chi connectivity index (χ4v) is 4.46. The van der Waals surface area contributed by atoms with Crippen LogP contribution in [0.1, 0.15) is 81.4 Å². The van der Waals surface area contributed by atoms with E-state index in [4.69, 9.17) is 0 Å². The van der Waals surface area contributed by atoms with Crippen LogP contribution in [0.2, 0.25) is 0 Å². The zero-order valence-electron chi connectivity index (χ0n) is 21.4. The predicted molar refractivity (Wildman–Crippen MR) is 149 cm³/mol. The molecule has 33 heavy (non-hydrogen) atoms. The molecule has 1 saturated carbocycles. The topological polar surface area (TPSA) is 15.3 Å². The molecule has 2 aromatic rings. The van der Waals surface area contributed by atoms with Crippen LogP contribution in [0.25, 0.3) is 11.8 Å². The summed E-state index contributed by atoms with van der Waals surface area (Å²) < 4.78 is 0. The first-order chi connectivity index (χ1) is 16.0. The van der Waals surface area contributed by atoms with Gasteiger partial charge in [0.2, 0.25) is 0 Å². The third kappa shape index (κ3) is 10.9. The molecule has 180 valence electrons. The molecule has 0 heterocycles. The second-order valence-corrected chi connectivity index (χ2v) is 9.70. The SMILES string of the molecule is C=Cc1ccc(NC(=C)c2ccc(CCCCCC)cc2)cc1.CN(C)CC1CCCCC1. The highest BCUT2D eigenvalue weighted by atomic mass is 15.1. The summed E-state index contributed by atoms with van der Waals surface area (Å²) in [6.45, 7) is 11.5. The first kappa shape index (κ1) is 26.9. The summed E-state index contributed by atoms with van der Waals surface area (Å²) >= 11 is 0. The lowest BCUT2D eigenvalue weighted by atomic mass is 9.89. The lowest BCUT2D eigenvalue weighted by Gasteiger charge is -2.24. The minimum Gasteiger partial charge on any atom is -0.356 e. The van der Waals surface area contributed by atoms with Gasteiger partial charge in [0.25, 0.3) is 0 Å². The fourth-order valence-electron chi connectivity index (χ4n) is 4.46. The molecule has 0 aliphatic heterocycles. The lowest BCUT2D eigenvalue weighted by molar-refractivity contribution is 0.264. The van der Waals surface area contributed by atoms with Crippen LogP contribution >= 0.6 is 0 Å². The van der Waals surface area contributed by atoms with Gasteiger partial charge in [-0.1, -0.05) is 101 Å². The molecule has 0 spiro atoms. The standard InChI is InChI=1S/C22H27N.C9H19N/c1-4-6-7-8-9-20-10-14-21(15-11-20)18(3)23-22-16-12-19(5-2)13-17-22;1-10(2)8-9-6-4-3-5-7-9/h5,10-17,23H,2-4,6-9H2,1H3;9H,3-8H2,1-2H3. The monoisotopic (exact) mass is 446 g/mol. The first-order valence-corrected chi connectivity index (χ1v) is 12.9. The molecule has 0 unspecified atom stereocenters. The second-order valence-electron chi connectivity index (χ2n) is 9.70. The van der Waals surface area contributed by atoms with E-state index in [2.05, 4.69) is 68.7 Å². The molecule has 2 nitrogen and oxygen atoms in total. The Labute approximate surface area is 203 Å². The Bertz CT molecular complexity index is 796. The van der Waals surface area contributed by atoms with Crippen molar-refractivity contribution >= 4 is 17.5 Å². The minimum absolute atomic E-state index is 0.925. The van der Waals surface area contributed by atoms with Crippen LogP contribution in [0.4, 0.5) is 5.69 Å². The van der Waals surface area contributed by atoms with Crippen molar-refractivity contribution in [2.45, 2.75) is 71.1 Å². The Morgan fingerprint density at radius 1 is 0.939 bits per heavy atom. The quantitative estimate of drug-likeness (QED) is 0.347. The van der Waals surface area contributed by atoms with E-state index in [1.165, 1.54) is 76.3 Å². The number of rotatable bonds is 11. The van der Waals surface area contributed by atoms with Crippen LogP contribution in [0.5, 0.6) is 0 Å². The van der Waals surface area contributed by atoms with E-state index in [-0.39, 0.29) is 0 Å². The Balaban J connectivity index is 0.000000321. The van der Waals surface area contributed by atoms with E-state index in [1.807, 2.05) is 30.3 Å². The van der Waals surface area contributed by atoms with Gasteiger partial charge in [-0.3, -0.25) is 0 Å². The molecular weight excluding hydrogens is 400 g/mol. The zero-order chi connectivity index (χ0) is 23.9. The van der Waals surface area contributed by atoms with Crippen molar-refractivity contribution in [2.24, 2.45) is 5.92 Å². The van der Waals surface area contributed by atoms with Gasteiger partial charge >= 0.3 is 0 Å². The van der Waals surface area contributed by atoms with E-state index in [1.54, 1.807) is 0 Å². The van der Waals surface area contributed by atoms with Crippen molar-refractivity contribution in [3.8, 4) is 0 Å². The van der Waals surface area contributed by atoms with Crippen LogP contribution in [-0.4, -0.2) is 25.5 Å². The van der Waals surface area contributed by atoms with Crippen molar-refractivity contribution in [1.82, 2.24) is 4.90 Å². The van der Waals surface area contributed by atoms with E-state index in [0.29, 0.717) is 0 Å². The molecule has 0 aromatic heterocycles. The average molecular weight is 447 g/mol. The first-order valence-electron chi connectivity index (χ1n) is 12.9. The lowest BCUT2D eigenvalue weighted by Crippen LogP contribution is -2.23. The molecule has 0 radical (unpaired) electrons. The Kier molecular flexibility index (Phi) is 12.7. The number of nitrogens with zero attached hydrogens (tertiary/aromatic N) is 1. The van der Waals surface area contributed by atoms with Crippen LogP contribution in [0.15, 0.2) is 61.7 Å². The molecule has 3 rings (SSSR count). The summed E-state index contributed by atoms with van der Waals surface area (Å²) in [5.74, 6) is 1.00. The maximum atomic E-state index is 4.15. The summed E-state index contributed by atoms with van der Waals surface area (Å²) in [5, 5.41) is 3.36. The highest BCUT2D eigenvalue weighted by Crippen LogP contribution is 2.23. The second kappa shape index (κ2) is 15.5. The largest absolute Gasteiger partial charge is 0.356 e. The molecule has 0 amide bonds. The molecule has 0 atom stereocenters. The van der Waals surface area contributed by atoms with Gasteiger partial charge in [-0.25, -0.2) is 0 Å². The van der Waals surface area contributed by atoms with Crippen molar-refractivity contribution in [3.63, 3.8) is 0 Å². The third-order valence-corrected chi connectivity index (χ3v) is 6.41. The maximum Gasteiger partial charge on any atom is 0.0384 e. The fraction of sp³-hybridized carbons (Fsp3) is 0.484. The van der Waals surface area contributed by atoms with Crippen molar-refractivity contribution in [1.29, 1.82) is 0 Å². The van der Waals surface area contributed by atoms with Crippen LogP contribution in [-0.2, 0) is 6.42 Å². The van der Waals surface area contributed by atoms with Crippen molar-refractivity contribution < 1.29 is 0 Å². The number of anilines is 1. The highest BCUT2D eigenvalue weighted by Gasteiger charge is 2.13. The Morgan fingerprint density at radius 2 is 1.61 bits per heavy atom. The van der Waals surface area contributed by atoms with E-state index in [0.717, 1.165) is 28.4 Å². The number of hydrogen-bond acceptors (Lipinski definition) is 2. The van der Waals surface area contributed by atoms with Gasteiger partial charge in [-0.2, -0.15) is 0 Å². The summed E-state index contributed by atoms with van der Waals surface area (Å²) in [4.78, 5) is 2.32. The van der Waals surface area contributed by atoms with Gasteiger partial charge in [-0.15, -0.1) is 0 Å². The molecule has 1 fully saturated rings.